The maximum atomic E-state index is 12.3. The second kappa shape index (κ2) is 8.16. The summed E-state index contributed by atoms with van der Waals surface area (Å²) in [6.07, 6.45) is 3.17. The number of piperidine rings is 1. The van der Waals surface area contributed by atoms with E-state index in [1.807, 2.05) is 6.92 Å². The Hall–Kier alpha value is -0.210. The summed E-state index contributed by atoms with van der Waals surface area (Å²) in [4.78, 5) is 0. The maximum absolute atomic E-state index is 12.3. The normalized spacial score (nSPS) is 22.0. The van der Waals surface area contributed by atoms with Crippen molar-refractivity contribution < 1.29 is 18.3 Å². The van der Waals surface area contributed by atoms with Crippen molar-refractivity contribution in [3.63, 3.8) is 0 Å². The van der Waals surface area contributed by atoms with E-state index in [9.17, 15) is 8.42 Å². The zero-order valence-electron chi connectivity index (χ0n) is 11.9. The van der Waals surface area contributed by atoms with Crippen molar-refractivity contribution in [2.45, 2.75) is 38.7 Å². The predicted molar refractivity (Wildman–Crippen MR) is 74.1 cm³/mol. The fraction of sp³-hybridized carbons (Fsp3) is 1.00. The van der Waals surface area contributed by atoms with E-state index >= 15 is 0 Å². The molecular formula is C12H26N2O4S. The van der Waals surface area contributed by atoms with Gasteiger partial charge in [-0.2, -0.15) is 17.0 Å². The Morgan fingerprint density at radius 1 is 1.47 bits per heavy atom. The molecule has 1 aliphatic heterocycles. The lowest BCUT2D eigenvalue weighted by Gasteiger charge is -2.34. The van der Waals surface area contributed by atoms with Crippen LogP contribution in [0.3, 0.4) is 0 Å². The van der Waals surface area contributed by atoms with Crippen molar-refractivity contribution in [1.29, 1.82) is 0 Å². The summed E-state index contributed by atoms with van der Waals surface area (Å²) >= 11 is 0. The van der Waals surface area contributed by atoms with Crippen LogP contribution in [-0.2, 0) is 14.9 Å². The summed E-state index contributed by atoms with van der Waals surface area (Å²) in [7, 11) is -1.86. The van der Waals surface area contributed by atoms with Gasteiger partial charge < -0.3 is 9.84 Å². The minimum absolute atomic E-state index is 0.00208. The molecule has 0 aromatic rings. The Bertz CT molecular complexity index is 348. The van der Waals surface area contributed by atoms with E-state index in [0.717, 1.165) is 19.3 Å². The highest BCUT2D eigenvalue weighted by Crippen LogP contribution is 2.18. The molecule has 0 amide bonds. The van der Waals surface area contributed by atoms with Gasteiger partial charge in [-0.05, 0) is 25.7 Å². The van der Waals surface area contributed by atoms with Gasteiger partial charge >= 0.3 is 0 Å². The zero-order valence-corrected chi connectivity index (χ0v) is 12.7. The molecule has 0 aliphatic carbocycles. The van der Waals surface area contributed by atoms with Crippen LogP contribution in [0.15, 0.2) is 0 Å². The quantitative estimate of drug-likeness (QED) is 0.705. The molecule has 0 aromatic carbocycles. The molecule has 0 bridgehead atoms. The summed E-state index contributed by atoms with van der Waals surface area (Å²) < 4.78 is 33.1. The number of rotatable bonds is 8. The molecule has 1 saturated heterocycles. The summed E-state index contributed by atoms with van der Waals surface area (Å²) in [5, 5.41) is 8.78. The Labute approximate surface area is 116 Å². The second-order valence-electron chi connectivity index (χ2n) is 4.90. The van der Waals surface area contributed by atoms with Gasteiger partial charge in [-0.25, -0.2) is 0 Å². The predicted octanol–water partition coefficient (Wildman–Crippen LogP) is 0.436. The molecule has 114 valence electrons. The van der Waals surface area contributed by atoms with Gasteiger partial charge in [-0.3, -0.25) is 0 Å². The van der Waals surface area contributed by atoms with E-state index in [1.54, 1.807) is 7.05 Å². The van der Waals surface area contributed by atoms with Crippen molar-refractivity contribution in [3.8, 4) is 0 Å². The molecule has 1 unspecified atom stereocenters. The highest BCUT2D eigenvalue weighted by Gasteiger charge is 2.31. The van der Waals surface area contributed by atoms with Crippen molar-refractivity contribution >= 4 is 10.2 Å². The van der Waals surface area contributed by atoms with Crippen molar-refractivity contribution in [3.05, 3.63) is 0 Å². The second-order valence-corrected chi connectivity index (χ2v) is 6.93. The van der Waals surface area contributed by atoms with E-state index in [1.165, 1.54) is 8.61 Å². The monoisotopic (exact) mass is 294 g/mol. The molecule has 1 fully saturated rings. The molecule has 1 rings (SSSR count). The highest BCUT2D eigenvalue weighted by molar-refractivity contribution is 7.86. The first-order valence-electron chi connectivity index (χ1n) is 6.96. The van der Waals surface area contributed by atoms with E-state index in [0.29, 0.717) is 32.7 Å². The van der Waals surface area contributed by atoms with Crippen molar-refractivity contribution in [1.82, 2.24) is 8.61 Å². The van der Waals surface area contributed by atoms with Crippen LogP contribution in [0.1, 0.15) is 32.6 Å². The van der Waals surface area contributed by atoms with Gasteiger partial charge in [0.1, 0.15) is 0 Å². The summed E-state index contributed by atoms with van der Waals surface area (Å²) in [5.41, 5.74) is 0. The minimum atomic E-state index is -3.42. The van der Waals surface area contributed by atoms with E-state index < -0.39 is 10.2 Å². The largest absolute Gasteiger partial charge is 0.396 e. The molecule has 0 aromatic heterocycles. The van der Waals surface area contributed by atoms with Crippen LogP contribution < -0.4 is 0 Å². The zero-order chi connectivity index (χ0) is 14.3. The molecule has 1 heterocycles. The molecule has 7 heteroatoms. The smallest absolute Gasteiger partial charge is 0.281 e. The Balaban J connectivity index is 2.56. The molecule has 0 saturated carbocycles. The number of hydrogen-bond donors (Lipinski definition) is 1. The number of nitrogens with zero attached hydrogens (tertiary/aromatic N) is 2. The molecule has 0 radical (unpaired) electrons. The van der Waals surface area contributed by atoms with Crippen LogP contribution in [0.4, 0.5) is 0 Å². The summed E-state index contributed by atoms with van der Waals surface area (Å²) in [6.45, 7) is 4.06. The number of ether oxygens (including phenoxy) is 1. The van der Waals surface area contributed by atoms with E-state index in [2.05, 4.69) is 0 Å². The van der Waals surface area contributed by atoms with Gasteiger partial charge in [-0.1, -0.05) is 6.92 Å². The van der Waals surface area contributed by atoms with Gasteiger partial charge in [0.2, 0.25) is 0 Å². The molecule has 1 N–H and O–H groups in total. The molecule has 19 heavy (non-hydrogen) atoms. The number of hydrogen-bond acceptors (Lipinski definition) is 4. The van der Waals surface area contributed by atoms with Crippen LogP contribution in [0.2, 0.25) is 0 Å². The fourth-order valence-electron chi connectivity index (χ4n) is 2.14. The molecular weight excluding hydrogens is 268 g/mol. The van der Waals surface area contributed by atoms with Gasteiger partial charge in [0.25, 0.3) is 10.2 Å². The third kappa shape index (κ3) is 5.00. The van der Waals surface area contributed by atoms with Gasteiger partial charge in [-0.15, -0.1) is 0 Å². The SMILES string of the molecule is CCCOC1CCCN(S(=O)(=O)N(C)CCCO)C1. The van der Waals surface area contributed by atoms with Gasteiger partial charge in [0.15, 0.2) is 0 Å². The molecule has 6 nitrogen and oxygen atoms in total. The van der Waals surface area contributed by atoms with Crippen LogP contribution in [0.25, 0.3) is 0 Å². The van der Waals surface area contributed by atoms with Crippen molar-refractivity contribution in [2.75, 3.05) is 39.9 Å². The minimum Gasteiger partial charge on any atom is -0.396 e. The molecule has 1 aliphatic rings. The first kappa shape index (κ1) is 16.8. The summed E-state index contributed by atoms with van der Waals surface area (Å²) in [5.74, 6) is 0. The number of aliphatic hydroxyl groups is 1. The van der Waals surface area contributed by atoms with Crippen molar-refractivity contribution in [2.24, 2.45) is 0 Å². The maximum Gasteiger partial charge on any atom is 0.281 e. The first-order valence-corrected chi connectivity index (χ1v) is 8.36. The average Bonchev–Trinajstić information content (AvgIpc) is 2.42. The van der Waals surface area contributed by atoms with Crippen LogP contribution in [0.5, 0.6) is 0 Å². The first-order chi connectivity index (χ1) is 9.02. The van der Waals surface area contributed by atoms with Crippen LogP contribution in [0, 0.1) is 0 Å². The third-order valence-corrected chi connectivity index (χ3v) is 5.20. The standard InChI is InChI=1S/C12H26N2O4S/c1-3-10-18-12-6-4-8-14(11-12)19(16,17)13(2)7-5-9-15/h12,15H,3-11H2,1-2H3. The van der Waals surface area contributed by atoms with E-state index in [-0.39, 0.29) is 12.7 Å². The highest BCUT2D eigenvalue weighted by atomic mass is 32.2. The lowest BCUT2D eigenvalue weighted by Crippen LogP contribution is -2.49. The molecule has 0 spiro atoms. The van der Waals surface area contributed by atoms with Crippen LogP contribution >= 0.6 is 0 Å². The topological polar surface area (TPSA) is 70.1 Å². The fourth-order valence-corrected chi connectivity index (χ4v) is 3.61. The third-order valence-electron chi connectivity index (χ3n) is 3.25. The lowest BCUT2D eigenvalue weighted by molar-refractivity contribution is 0.0182. The number of aliphatic hydroxyl groups excluding tert-OH is 1. The Morgan fingerprint density at radius 3 is 2.84 bits per heavy atom. The molecule has 1 atom stereocenters. The Kier molecular flexibility index (Phi) is 7.23. The van der Waals surface area contributed by atoms with Crippen LogP contribution in [-0.4, -0.2) is 68.1 Å². The average molecular weight is 294 g/mol. The summed E-state index contributed by atoms with van der Waals surface area (Å²) in [6, 6.07) is 0. The van der Waals surface area contributed by atoms with E-state index in [4.69, 9.17) is 9.84 Å². The lowest BCUT2D eigenvalue weighted by atomic mass is 10.1. The van der Waals surface area contributed by atoms with Gasteiger partial charge in [0, 0.05) is 39.9 Å². The van der Waals surface area contributed by atoms with Gasteiger partial charge in [0.05, 0.1) is 6.10 Å². The Morgan fingerprint density at radius 2 is 2.21 bits per heavy atom.